The summed E-state index contributed by atoms with van der Waals surface area (Å²) in [6.45, 7) is 38.8. The van der Waals surface area contributed by atoms with Crippen LogP contribution < -0.4 is 21.3 Å². The second-order valence-electron chi connectivity index (χ2n) is 30.0. The zero-order valence-corrected chi connectivity index (χ0v) is 63.7. The monoisotopic (exact) mass is 1360 g/mol. The highest BCUT2D eigenvalue weighted by Gasteiger charge is 2.44. The minimum absolute atomic E-state index is 0.0109. The maximum Gasteiger partial charge on any atom is 0.324 e. The van der Waals surface area contributed by atoms with E-state index in [1.54, 1.807) is 34.6 Å². The van der Waals surface area contributed by atoms with Crippen LogP contribution in [0.4, 0.5) is 4.79 Å². The van der Waals surface area contributed by atoms with Gasteiger partial charge in [-0.05, 0) is 145 Å². The van der Waals surface area contributed by atoms with E-state index in [0.29, 0.717) is 24.8 Å². The number of nitrogens with one attached hydrogen (secondary N) is 4. The molecule has 0 spiro atoms. The highest BCUT2D eigenvalue weighted by Crippen LogP contribution is 2.27. The number of aryl methyl sites for hydroxylation is 1. The van der Waals surface area contributed by atoms with Crippen LogP contribution in [0.5, 0.6) is 0 Å². The molecule has 1 aromatic carbocycles. The lowest BCUT2D eigenvalue weighted by molar-refractivity contribution is -0.154. The van der Waals surface area contributed by atoms with E-state index in [2.05, 4.69) is 27.8 Å². The van der Waals surface area contributed by atoms with Crippen molar-refractivity contribution < 1.29 is 57.5 Å². The molecule has 0 aromatic heterocycles. The summed E-state index contributed by atoms with van der Waals surface area (Å²) in [5.74, 6) is -9.13. The second kappa shape index (κ2) is 38.7. The van der Waals surface area contributed by atoms with Gasteiger partial charge in [-0.2, -0.15) is 0 Å². The van der Waals surface area contributed by atoms with E-state index in [9.17, 15) is 38.4 Å². The smallest absolute Gasteiger partial charge is 0.324 e. The Bertz CT molecular complexity index is 2900. The molecule has 1 unspecified atom stereocenters. The first-order valence-electron chi connectivity index (χ1n) is 35.1. The molecule has 1 aliphatic rings. The first-order chi connectivity index (χ1) is 44.9. The van der Waals surface area contributed by atoms with Gasteiger partial charge in [-0.3, -0.25) is 58.1 Å². The molecular formula is C73H124N12O12. The molecule has 2 rings (SSSR count). The van der Waals surface area contributed by atoms with Crippen molar-refractivity contribution in [2.45, 2.75) is 256 Å². The van der Waals surface area contributed by atoms with Crippen LogP contribution in [0.25, 0.3) is 0 Å². The van der Waals surface area contributed by atoms with Crippen LogP contribution in [0.1, 0.15) is 199 Å². The third-order valence-electron chi connectivity index (χ3n) is 18.5. The van der Waals surface area contributed by atoms with Gasteiger partial charge in [0.25, 0.3) is 11.8 Å². The number of likely N-dealkylation sites (N-methyl/N-ethyl adjacent to an activating group) is 7. The molecule has 4 N–H and O–H groups in total. The highest BCUT2D eigenvalue weighted by atomic mass is 16.2. The maximum absolute atomic E-state index is 15.5. The Hall–Kier alpha value is -7.40. The Morgan fingerprint density at radius 1 is 0.505 bits per heavy atom. The molecular weight excluding hydrogens is 1240 g/mol. The van der Waals surface area contributed by atoms with E-state index in [0.717, 1.165) is 20.3 Å². The Morgan fingerprint density at radius 2 is 0.948 bits per heavy atom. The molecule has 1 saturated heterocycles. The molecule has 1 aliphatic heterocycles. The summed E-state index contributed by atoms with van der Waals surface area (Å²) in [5.41, 5.74) is 1.20. The summed E-state index contributed by atoms with van der Waals surface area (Å²) in [7, 11) is 9.91. The van der Waals surface area contributed by atoms with Gasteiger partial charge < -0.3 is 55.1 Å². The average Bonchev–Trinajstić information content (AvgIpc) is 0.812. The summed E-state index contributed by atoms with van der Waals surface area (Å²) in [6.07, 6.45) is 2.43. The van der Waals surface area contributed by atoms with Crippen molar-refractivity contribution in [2.24, 2.45) is 41.4 Å². The average molecular weight is 1360 g/mol. The lowest BCUT2D eigenvalue weighted by Gasteiger charge is -2.41. The number of nitrogens with zero attached hydrogens (tertiary/aromatic N) is 8. The van der Waals surface area contributed by atoms with Crippen molar-refractivity contribution in [1.82, 2.24) is 60.5 Å². The summed E-state index contributed by atoms with van der Waals surface area (Å²) in [6, 6.07) is -4.52. The fourth-order valence-corrected chi connectivity index (χ4v) is 12.6. The lowest BCUT2D eigenvalue weighted by atomic mass is 9.92. The normalized spacial score (nSPS) is 23.8. The summed E-state index contributed by atoms with van der Waals surface area (Å²) in [5, 5.41) is 10.7. The van der Waals surface area contributed by atoms with Gasteiger partial charge >= 0.3 is 6.03 Å². The first kappa shape index (κ1) is 85.7. The van der Waals surface area contributed by atoms with E-state index >= 15 is 19.2 Å². The van der Waals surface area contributed by atoms with Crippen molar-refractivity contribution in [3.63, 3.8) is 0 Å². The Morgan fingerprint density at radius 3 is 1.43 bits per heavy atom. The van der Waals surface area contributed by atoms with Gasteiger partial charge in [-0.1, -0.05) is 122 Å². The van der Waals surface area contributed by atoms with Gasteiger partial charge in [-0.15, -0.1) is 0 Å². The molecule has 0 bridgehead atoms. The van der Waals surface area contributed by atoms with Crippen molar-refractivity contribution in [1.29, 1.82) is 0 Å². The predicted octanol–water partition coefficient (Wildman–Crippen LogP) is 7.33. The van der Waals surface area contributed by atoms with Crippen molar-refractivity contribution >= 4 is 71.0 Å². The molecule has 1 aromatic rings. The number of carbonyl (C=O) groups is 12. The molecule has 0 radical (unpaired) electrons. The highest BCUT2D eigenvalue weighted by molar-refractivity contribution is 6.03. The quantitative estimate of drug-likeness (QED) is 0.0934. The van der Waals surface area contributed by atoms with E-state index in [1.165, 1.54) is 75.9 Å². The molecule has 24 heteroatoms. The number of rotatable bonds is 20. The van der Waals surface area contributed by atoms with E-state index in [4.69, 9.17) is 0 Å². The number of hydrogen-bond acceptors (Lipinski definition) is 12. The fourth-order valence-electron chi connectivity index (χ4n) is 12.6. The Kier molecular flexibility index (Phi) is 34.2. The van der Waals surface area contributed by atoms with Crippen LogP contribution in [0, 0.1) is 41.4 Å². The van der Waals surface area contributed by atoms with E-state index in [-0.39, 0.29) is 91.8 Å². The van der Waals surface area contributed by atoms with Crippen molar-refractivity contribution in [2.75, 3.05) is 49.3 Å². The van der Waals surface area contributed by atoms with Gasteiger partial charge in [0.05, 0.1) is 0 Å². The van der Waals surface area contributed by atoms with Gasteiger partial charge in [-0.25, -0.2) is 4.79 Å². The SMILES string of the molecule is C=C1C(=O)N(C)[C@@H](CC(C)C)C(=O)N[C@H](C(C)C)C(=O)N(C)[C@H](CC(C)C)C(=O)N[C@H](C)C(=O)NC(=O)N(C)[C@H](CC(C)C)C(=O)N(C)[C@@H](CC(C)C)C(=O)N(C)[C@@H](C(C)C)C(=O)N(C)C(C[C@H](C)CCCc2cccc(C(=O)N(C(C)C)C(C)C)c2)C(=O)N[C@@H](CC)C(=O)N1C. The third kappa shape index (κ3) is 23.9. The number of urea groups is 1. The van der Waals surface area contributed by atoms with Gasteiger partial charge in [0.1, 0.15) is 60.1 Å². The van der Waals surface area contributed by atoms with E-state index < -0.39 is 131 Å². The number of carbonyl (C=O) groups excluding carboxylic acids is 12. The standard InChI is InChI=1S/C73H124N12O12/c1-28-54-68(92)78(21)51(20)66(90)79(22)56(36-42(4)5)65(89)76-60(45(10)11)71(95)80(23)55(35-41(2)3)63(87)74-50(19)62(86)77-73(97)83(26)59(38-44(8)9)69(93)82(25)58(37-43(6)7)70(94)84(27)61(46(12)13)72(96)81(24)57(64(88)75-54)39-49(18)31-29-32-52-33-30-34-53(40-52)67(91)85(47(14)15)48(16)17/h30,33-34,40-50,54-61H,20,28-29,31-32,35-39H2,1-19,21-27H3,(H,74,87)(H,75,88)(H,76,89)(H,77,86,97)/t49-,50-,54+,55-,56+,57?,58+,59-,60-,61+/m1/s1. The molecule has 10 atom stereocenters. The maximum atomic E-state index is 15.5. The zero-order valence-electron chi connectivity index (χ0n) is 63.7. The molecule has 97 heavy (non-hydrogen) atoms. The van der Waals surface area contributed by atoms with Crippen molar-refractivity contribution in [3.05, 3.63) is 47.7 Å². The zero-order chi connectivity index (χ0) is 74.7. The molecule has 24 nitrogen and oxygen atoms in total. The van der Waals surface area contributed by atoms with Crippen LogP contribution in [0.3, 0.4) is 0 Å². The summed E-state index contributed by atoms with van der Waals surface area (Å²) >= 11 is 0. The fraction of sp³-hybridized carbons (Fsp3) is 0.726. The van der Waals surface area contributed by atoms with Crippen LogP contribution in [-0.2, 0) is 54.4 Å². The van der Waals surface area contributed by atoms with E-state index in [1.807, 2.05) is 119 Å². The molecule has 1 fully saturated rings. The van der Waals surface area contributed by atoms with Crippen LogP contribution in [0.2, 0.25) is 0 Å². The number of amides is 13. The molecule has 1 heterocycles. The van der Waals surface area contributed by atoms with Crippen molar-refractivity contribution in [3.8, 4) is 0 Å². The van der Waals surface area contributed by atoms with Gasteiger partial charge in [0.15, 0.2) is 0 Å². The topological polar surface area (TPSA) is 279 Å². The first-order valence-corrected chi connectivity index (χ1v) is 35.1. The summed E-state index contributed by atoms with van der Waals surface area (Å²) < 4.78 is 0. The number of hydrogen-bond donors (Lipinski definition) is 4. The van der Waals surface area contributed by atoms with Gasteiger partial charge in [0, 0.05) is 67.0 Å². The number of imide groups is 1. The number of benzene rings is 1. The Labute approximate surface area is 580 Å². The lowest BCUT2D eigenvalue weighted by Crippen LogP contribution is -2.62. The van der Waals surface area contributed by atoms with Crippen LogP contribution in [0.15, 0.2) is 36.5 Å². The molecule has 13 amide bonds. The van der Waals surface area contributed by atoms with Crippen LogP contribution in [-0.4, -0.2) is 226 Å². The molecule has 0 saturated carbocycles. The third-order valence-corrected chi connectivity index (χ3v) is 18.5. The Balaban J connectivity index is 2.98. The summed E-state index contributed by atoms with van der Waals surface area (Å²) in [4.78, 5) is 186. The minimum atomic E-state index is -1.35. The minimum Gasteiger partial charge on any atom is -0.343 e. The van der Waals surface area contributed by atoms with Gasteiger partial charge in [0.2, 0.25) is 53.2 Å². The predicted molar refractivity (Wildman–Crippen MR) is 379 cm³/mol. The second-order valence-corrected chi connectivity index (χ2v) is 30.0. The van der Waals surface area contributed by atoms with Crippen LogP contribution >= 0.6 is 0 Å². The molecule has 0 aliphatic carbocycles. The largest absolute Gasteiger partial charge is 0.343 e. The molecule has 548 valence electrons.